The molecular formula is C18H20ClN7. The Morgan fingerprint density at radius 3 is 2.88 bits per heavy atom. The molecule has 0 spiro atoms. The molecule has 4 rings (SSSR count). The van der Waals surface area contributed by atoms with E-state index >= 15 is 0 Å². The highest BCUT2D eigenvalue weighted by Gasteiger charge is 2.25. The summed E-state index contributed by atoms with van der Waals surface area (Å²) in [6.07, 6.45) is 5.82. The van der Waals surface area contributed by atoms with E-state index in [2.05, 4.69) is 37.4 Å². The number of hydrogen-bond acceptors (Lipinski definition) is 6. The second-order valence-corrected chi connectivity index (χ2v) is 6.92. The zero-order valence-corrected chi connectivity index (χ0v) is 15.4. The molecule has 3 aromatic rings. The highest BCUT2D eigenvalue weighted by atomic mass is 35.5. The first-order valence-corrected chi connectivity index (χ1v) is 8.98. The molecule has 7 nitrogen and oxygen atoms in total. The maximum atomic E-state index is 6.27. The Hall–Kier alpha value is -2.67. The van der Waals surface area contributed by atoms with Gasteiger partial charge in [-0.25, -0.2) is 4.98 Å². The van der Waals surface area contributed by atoms with Crippen molar-refractivity contribution in [2.75, 3.05) is 17.3 Å². The second-order valence-electron chi connectivity index (χ2n) is 6.52. The lowest BCUT2D eigenvalue weighted by Crippen LogP contribution is -2.24. The van der Waals surface area contributed by atoms with E-state index in [1.165, 1.54) is 12.8 Å². The number of nitrogens with one attached hydrogen (secondary N) is 2. The van der Waals surface area contributed by atoms with Crippen LogP contribution in [0.3, 0.4) is 0 Å². The van der Waals surface area contributed by atoms with Gasteiger partial charge < -0.3 is 10.2 Å². The lowest BCUT2D eigenvalue weighted by atomic mass is 10.2. The van der Waals surface area contributed by atoms with E-state index in [-0.39, 0.29) is 6.04 Å². The number of aromatic nitrogens is 5. The lowest BCUT2D eigenvalue weighted by Gasteiger charge is -2.24. The van der Waals surface area contributed by atoms with Crippen LogP contribution in [0.5, 0.6) is 0 Å². The average molecular weight is 370 g/mol. The molecule has 0 bridgehead atoms. The number of anilines is 3. The van der Waals surface area contributed by atoms with Gasteiger partial charge in [0, 0.05) is 30.9 Å². The number of pyridine rings is 1. The summed E-state index contributed by atoms with van der Waals surface area (Å²) in [5.41, 5.74) is 2.10. The van der Waals surface area contributed by atoms with Gasteiger partial charge in [-0.1, -0.05) is 17.7 Å². The summed E-state index contributed by atoms with van der Waals surface area (Å²) < 4.78 is 0. The van der Waals surface area contributed by atoms with E-state index < -0.39 is 0 Å². The number of rotatable bonds is 6. The fourth-order valence-electron chi connectivity index (χ4n) is 2.74. The summed E-state index contributed by atoms with van der Waals surface area (Å²) in [5, 5.41) is 11.0. The predicted molar refractivity (Wildman–Crippen MR) is 102 cm³/mol. The number of hydrogen-bond donors (Lipinski definition) is 2. The van der Waals surface area contributed by atoms with E-state index in [9.17, 15) is 0 Å². The molecule has 3 aromatic heterocycles. The van der Waals surface area contributed by atoms with Gasteiger partial charge in [0.1, 0.15) is 5.02 Å². The molecule has 2 N–H and O–H groups in total. The van der Waals surface area contributed by atoms with Gasteiger partial charge >= 0.3 is 0 Å². The molecule has 1 aliphatic carbocycles. The summed E-state index contributed by atoms with van der Waals surface area (Å²) in [6, 6.07) is 7.89. The van der Waals surface area contributed by atoms with Crippen molar-refractivity contribution >= 4 is 29.2 Å². The van der Waals surface area contributed by atoms with Gasteiger partial charge in [0.2, 0.25) is 5.95 Å². The quantitative estimate of drug-likeness (QED) is 0.681. The van der Waals surface area contributed by atoms with Crippen molar-refractivity contribution in [3.05, 3.63) is 53.1 Å². The normalized spacial score (nSPS) is 14.9. The Labute approximate surface area is 156 Å². The minimum Gasteiger partial charge on any atom is -0.335 e. The van der Waals surface area contributed by atoms with Gasteiger partial charge in [0.15, 0.2) is 11.6 Å². The average Bonchev–Trinajstić information content (AvgIpc) is 3.42. The van der Waals surface area contributed by atoms with E-state index in [4.69, 9.17) is 11.6 Å². The summed E-state index contributed by atoms with van der Waals surface area (Å²) in [4.78, 5) is 15.3. The Kier molecular flexibility index (Phi) is 4.46. The molecule has 0 saturated heterocycles. The van der Waals surface area contributed by atoms with Crippen molar-refractivity contribution in [2.45, 2.75) is 31.7 Å². The van der Waals surface area contributed by atoms with Crippen molar-refractivity contribution < 1.29 is 0 Å². The zero-order chi connectivity index (χ0) is 18.1. The van der Waals surface area contributed by atoms with Gasteiger partial charge in [-0.2, -0.15) is 10.1 Å². The van der Waals surface area contributed by atoms with Crippen LogP contribution in [0.1, 0.15) is 43.1 Å². The summed E-state index contributed by atoms with van der Waals surface area (Å²) >= 11 is 6.27. The summed E-state index contributed by atoms with van der Waals surface area (Å²) in [5.74, 6) is 2.41. The van der Waals surface area contributed by atoms with Gasteiger partial charge in [0.05, 0.1) is 17.9 Å². The van der Waals surface area contributed by atoms with Crippen molar-refractivity contribution in [3.63, 3.8) is 0 Å². The van der Waals surface area contributed by atoms with Crippen molar-refractivity contribution in [1.82, 2.24) is 25.1 Å². The van der Waals surface area contributed by atoms with Crippen LogP contribution in [0.15, 0.2) is 36.7 Å². The fraction of sp³-hybridized carbons (Fsp3) is 0.333. The molecule has 1 saturated carbocycles. The highest BCUT2D eigenvalue weighted by Crippen LogP contribution is 2.39. The predicted octanol–water partition coefficient (Wildman–Crippen LogP) is 4.07. The molecule has 0 aliphatic heterocycles. The third kappa shape index (κ3) is 3.48. The van der Waals surface area contributed by atoms with Gasteiger partial charge in [-0.3, -0.25) is 10.1 Å². The van der Waals surface area contributed by atoms with E-state index in [0.29, 0.717) is 28.5 Å². The van der Waals surface area contributed by atoms with Crippen LogP contribution in [0, 0.1) is 0 Å². The Bertz CT molecular complexity index is 892. The summed E-state index contributed by atoms with van der Waals surface area (Å²) in [6.45, 7) is 2.06. The first kappa shape index (κ1) is 16.8. The highest BCUT2D eigenvalue weighted by molar-refractivity contribution is 6.32. The molecule has 26 heavy (non-hydrogen) atoms. The number of halogens is 1. The minimum absolute atomic E-state index is 0.0251. The van der Waals surface area contributed by atoms with E-state index in [0.717, 1.165) is 11.4 Å². The van der Waals surface area contributed by atoms with Crippen molar-refractivity contribution in [1.29, 1.82) is 0 Å². The third-order valence-corrected chi connectivity index (χ3v) is 4.88. The molecule has 8 heteroatoms. The van der Waals surface area contributed by atoms with Crippen LogP contribution in [-0.2, 0) is 0 Å². The van der Waals surface area contributed by atoms with Crippen LogP contribution in [0.4, 0.5) is 17.6 Å². The molecule has 3 heterocycles. The molecule has 0 amide bonds. The Balaban J connectivity index is 1.54. The van der Waals surface area contributed by atoms with Crippen LogP contribution in [-0.4, -0.2) is 32.2 Å². The molecular weight excluding hydrogens is 350 g/mol. The lowest BCUT2D eigenvalue weighted by molar-refractivity contribution is 0.694. The zero-order valence-electron chi connectivity index (χ0n) is 14.6. The Morgan fingerprint density at radius 1 is 1.31 bits per heavy atom. The molecule has 0 radical (unpaired) electrons. The van der Waals surface area contributed by atoms with E-state index in [1.807, 2.05) is 36.2 Å². The SMILES string of the molecule is CC(c1ccccn1)N(C)c1ncc(Cl)c(Nc2cc(C3CC3)[nH]n2)n1. The smallest absolute Gasteiger partial charge is 0.227 e. The molecule has 1 fully saturated rings. The third-order valence-electron chi connectivity index (χ3n) is 4.60. The van der Waals surface area contributed by atoms with Crippen molar-refractivity contribution in [3.8, 4) is 0 Å². The number of nitrogens with zero attached hydrogens (tertiary/aromatic N) is 5. The fourth-order valence-corrected chi connectivity index (χ4v) is 2.87. The second kappa shape index (κ2) is 6.92. The maximum absolute atomic E-state index is 6.27. The van der Waals surface area contributed by atoms with E-state index in [1.54, 1.807) is 12.4 Å². The minimum atomic E-state index is 0.0251. The van der Waals surface area contributed by atoms with Crippen LogP contribution in [0.2, 0.25) is 5.02 Å². The largest absolute Gasteiger partial charge is 0.335 e. The topological polar surface area (TPSA) is 82.6 Å². The van der Waals surface area contributed by atoms with Gasteiger partial charge in [0.25, 0.3) is 0 Å². The van der Waals surface area contributed by atoms with Gasteiger partial charge in [-0.15, -0.1) is 0 Å². The number of H-pyrrole nitrogens is 1. The first-order chi connectivity index (χ1) is 12.6. The monoisotopic (exact) mass is 369 g/mol. The number of aromatic amines is 1. The van der Waals surface area contributed by atoms with Crippen LogP contribution < -0.4 is 10.2 Å². The van der Waals surface area contributed by atoms with Crippen molar-refractivity contribution in [2.24, 2.45) is 0 Å². The van der Waals surface area contributed by atoms with Crippen LogP contribution in [0.25, 0.3) is 0 Å². The molecule has 1 atom stereocenters. The molecule has 1 unspecified atom stereocenters. The molecule has 134 valence electrons. The Morgan fingerprint density at radius 2 is 2.15 bits per heavy atom. The first-order valence-electron chi connectivity index (χ1n) is 8.60. The summed E-state index contributed by atoms with van der Waals surface area (Å²) in [7, 11) is 1.94. The van der Waals surface area contributed by atoms with Crippen LogP contribution >= 0.6 is 11.6 Å². The molecule has 0 aromatic carbocycles. The standard InChI is InChI=1S/C18H20ClN7/c1-11(14-5-3-4-8-20-14)26(2)18-21-10-13(19)17(23-18)22-16-9-15(24-25-16)12-6-7-12/h3-5,8-12H,6-7H2,1-2H3,(H2,21,22,23,24,25). The van der Waals surface area contributed by atoms with Gasteiger partial charge in [-0.05, 0) is 31.9 Å². The molecule has 1 aliphatic rings. The maximum Gasteiger partial charge on any atom is 0.227 e.